The van der Waals surface area contributed by atoms with Gasteiger partial charge in [-0.2, -0.15) is 0 Å². The second kappa shape index (κ2) is 7.90. The topological polar surface area (TPSA) is 106 Å². The van der Waals surface area contributed by atoms with E-state index in [0.29, 0.717) is 0 Å². The molecule has 0 aliphatic heterocycles. The molecule has 0 saturated carbocycles. The van der Waals surface area contributed by atoms with E-state index >= 15 is 0 Å². The molecule has 0 aromatic heterocycles. The molecule has 4 N–H and O–H groups in total. The molecule has 0 saturated heterocycles. The van der Waals surface area contributed by atoms with E-state index < -0.39 is 18.4 Å². The number of carbonyl (C=O) groups is 2. The van der Waals surface area contributed by atoms with Crippen LogP contribution in [0.3, 0.4) is 0 Å². The van der Waals surface area contributed by atoms with Crippen LogP contribution in [-0.4, -0.2) is 57.2 Å². The van der Waals surface area contributed by atoms with Crippen molar-refractivity contribution >= 4 is 41.5 Å². The molecule has 0 fully saturated rings. The fourth-order valence-corrected chi connectivity index (χ4v) is 0.129. The monoisotopic (exact) mass is 146 g/mol. The van der Waals surface area contributed by atoms with E-state index in [4.69, 9.17) is 10.2 Å². The quantitative estimate of drug-likeness (QED) is 0.349. The molecule has 0 aliphatic rings. The molecule has 0 aromatic carbocycles. The Morgan fingerprint density at radius 3 is 1.33 bits per heavy atom. The molecule has 0 atom stereocenters. The third-order valence-electron chi connectivity index (χ3n) is 0.302. The summed E-state index contributed by atoms with van der Waals surface area (Å²) in [5.41, 5.74) is 0. The maximum absolute atomic E-state index is 9.43. The van der Waals surface area contributed by atoms with Gasteiger partial charge in [-0.05, 0) is 0 Å². The first-order valence-electron chi connectivity index (χ1n) is 1.56. The molecule has 50 valence electrons. The molecule has 0 rings (SSSR count). The zero-order valence-corrected chi connectivity index (χ0v) is 3.92. The normalized spacial score (nSPS) is 6.22. The number of aliphatic carboxylic acids is 2. The Kier molecular flexibility index (Phi) is 14.0. The standard InChI is InChI=1S/C3H4O4.Na.H2O.H/c4-2(5)1-3(6)7;;;/h1H2,(H,4,5)(H,6,7);;1H2;. The van der Waals surface area contributed by atoms with Crippen LogP contribution in [0.4, 0.5) is 0 Å². The Morgan fingerprint density at radius 2 is 1.33 bits per heavy atom. The van der Waals surface area contributed by atoms with Gasteiger partial charge in [-0.25, -0.2) is 0 Å². The van der Waals surface area contributed by atoms with Crippen LogP contribution in [0.2, 0.25) is 0 Å². The van der Waals surface area contributed by atoms with Gasteiger partial charge in [0.15, 0.2) is 0 Å². The molecular weight excluding hydrogens is 139 g/mol. The minimum absolute atomic E-state index is 0. The molecule has 5 nitrogen and oxygen atoms in total. The second-order valence-corrected chi connectivity index (χ2v) is 0.964. The second-order valence-electron chi connectivity index (χ2n) is 0.964. The van der Waals surface area contributed by atoms with E-state index in [1.165, 1.54) is 0 Å². The van der Waals surface area contributed by atoms with E-state index in [1.807, 2.05) is 0 Å². The van der Waals surface area contributed by atoms with E-state index in [2.05, 4.69) is 0 Å². The first-order valence-corrected chi connectivity index (χ1v) is 1.56. The Morgan fingerprint density at radius 1 is 1.11 bits per heavy atom. The molecule has 0 bridgehead atoms. The molecule has 0 unspecified atom stereocenters. The van der Waals surface area contributed by atoms with Gasteiger partial charge >= 0.3 is 41.5 Å². The van der Waals surface area contributed by atoms with E-state index in [9.17, 15) is 9.59 Å². The van der Waals surface area contributed by atoms with Gasteiger partial charge in [-0.1, -0.05) is 0 Å². The maximum atomic E-state index is 9.43. The molecule has 0 aromatic rings. The predicted octanol–water partition coefficient (Wildman–Crippen LogP) is -1.93. The summed E-state index contributed by atoms with van der Waals surface area (Å²) in [5, 5.41) is 15.4. The zero-order chi connectivity index (χ0) is 5.86. The Bertz CT molecular complexity index is 88.4. The van der Waals surface area contributed by atoms with Gasteiger partial charge < -0.3 is 15.7 Å². The van der Waals surface area contributed by atoms with Crippen LogP contribution < -0.4 is 0 Å². The van der Waals surface area contributed by atoms with Gasteiger partial charge in [-0.3, -0.25) is 9.59 Å². The van der Waals surface area contributed by atoms with Crippen LogP contribution in [0.25, 0.3) is 0 Å². The van der Waals surface area contributed by atoms with Crippen molar-refractivity contribution in [2.45, 2.75) is 6.42 Å². The minimum atomic E-state index is -1.31. The SMILES string of the molecule is O.O=C(O)CC(=O)O.[NaH]. The molecular formula is C3H7NaO5. The number of hydrogen-bond donors (Lipinski definition) is 2. The molecule has 6 heteroatoms. The van der Waals surface area contributed by atoms with Crippen LogP contribution in [0.5, 0.6) is 0 Å². The molecule has 0 radical (unpaired) electrons. The van der Waals surface area contributed by atoms with E-state index in [0.717, 1.165) is 0 Å². The average molecular weight is 146 g/mol. The van der Waals surface area contributed by atoms with Crippen LogP contribution in [0, 0.1) is 0 Å². The molecule has 9 heavy (non-hydrogen) atoms. The van der Waals surface area contributed by atoms with Crippen LogP contribution >= 0.6 is 0 Å². The summed E-state index contributed by atoms with van der Waals surface area (Å²) in [6.07, 6.45) is -0.806. The summed E-state index contributed by atoms with van der Waals surface area (Å²) in [7, 11) is 0. The summed E-state index contributed by atoms with van der Waals surface area (Å²) in [6, 6.07) is 0. The summed E-state index contributed by atoms with van der Waals surface area (Å²) in [5.74, 6) is -2.62. The van der Waals surface area contributed by atoms with Crippen molar-refractivity contribution in [1.29, 1.82) is 0 Å². The zero-order valence-electron chi connectivity index (χ0n) is 3.92. The van der Waals surface area contributed by atoms with Crippen molar-refractivity contribution in [3.05, 3.63) is 0 Å². The van der Waals surface area contributed by atoms with Crippen LogP contribution in [-0.2, 0) is 9.59 Å². The molecule has 0 aliphatic carbocycles. The Hall–Kier alpha value is -0.100. The van der Waals surface area contributed by atoms with Gasteiger partial charge in [0.2, 0.25) is 0 Å². The molecule has 0 heterocycles. The van der Waals surface area contributed by atoms with E-state index in [1.54, 1.807) is 0 Å². The fraction of sp³-hybridized carbons (Fsp3) is 0.333. The van der Waals surface area contributed by atoms with Gasteiger partial charge in [0.25, 0.3) is 0 Å². The van der Waals surface area contributed by atoms with Crippen LogP contribution in [0.1, 0.15) is 6.42 Å². The number of hydrogen-bond acceptors (Lipinski definition) is 2. The Balaban J connectivity index is -0.000000180. The van der Waals surface area contributed by atoms with Crippen molar-refractivity contribution in [3.8, 4) is 0 Å². The fourth-order valence-electron chi connectivity index (χ4n) is 0.129. The molecule has 0 spiro atoms. The van der Waals surface area contributed by atoms with Crippen molar-refractivity contribution < 1.29 is 25.3 Å². The van der Waals surface area contributed by atoms with Crippen molar-refractivity contribution in [1.82, 2.24) is 0 Å². The van der Waals surface area contributed by atoms with Gasteiger partial charge in [0.05, 0.1) is 0 Å². The third-order valence-corrected chi connectivity index (χ3v) is 0.302. The first-order chi connectivity index (χ1) is 3.13. The number of carboxylic acid groups (broad SMARTS) is 2. The summed E-state index contributed by atoms with van der Waals surface area (Å²) in [6.45, 7) is 0. The van der Waals surface area contributed by atoms with Gasteiger partial charge in [-0.15, -0.1) is 0 Å². The van der Waals surface area contributed by atoms with Crippen molar-refractivity contribution in [2.24, 2.45) is 0 Å². The summed E-state index contributed by atoms with van der Waals surface area (Å²) in [4.78, 5) is 18.9. The van der Waals surface area contributed by atoms with E-state index in [-0.39, 0.29) is 35.0 Å². The van der Waals surface area contributed by atoms with Crippen LogP contribution in [0.15, 0.2) is 0 Å². The van der Waals surface area contributed by atoms with Gasteiger partial charge in [0, 0.05) is 0 Å². The number of carboxylic acids is 2. The van der Waals surface area contributed by atoms with Crippen molar-refractivity contribution in [2.75, 3.05) is 0 Å². The first kappa shape index (κ1) is 16.0. The predicted molar refractivity (Wildman–Crippen MR) is 30.7 cm³/mol. The Labute approximate surface area is 73.3 Å². The summed E-state index contributed by atoms with van der Waals surface area (Å²) >= 11 is 0. The summed E-state index contributed by atoms with van der Waals surface area (Å²) < 4.78 is 0. The average Bonchev–Trinajstić information content (AvgIpc) is 1.27. The number of rotatable bonds is 2. The van der Waals surface area contributed by atoms with Crippen molar-refractivity contribution in [3.63, 3.8) is 0 Å². The molecule has 0 amide bonds. The third kappa shape index (κ3) is 18.1. The van der Waals surface area contributed by atoms with Gasteiger partial charge in [0.1, 0.15) is 6.42 Å².